The van der Waals surface area contributed by atoms with E-state index in [-0.39, 0.29) is 0 Å². The Hall–Kier alpha value is -2.33. The van der Waals surface area contributed by atoms with Crippen LogP contribution in [0, 0.1) is 0 Å². The molecule has 1 atom stereocenters. The zero-order valence-electron chi connectivity index (χ0n) is 11.3. The average molecular weight is 304 g/mol. The molecule has 0 saturated heterocycles. The van der Waals surface area contributed by atoms with E-state index in [9.17, 15) is 14.7 Å². The Morgan fingerprint density at radius 1 is 1.05 bits per heavy atom. The summed E-state index contributed by atoms with van der Waals surface area (Å²) in [5.74, 6) is -1.60. The molecule has 0 radical (unpaired) electrons. The summed E-state index contributed by atoms with van der Waals surface area (Å²) < 4.78 is 0. The van der Waals surface area contributed by atoms with Gasteiger partial charge in [-0.2, -0.15) is 0 Å². The lowest BCUT2D eigenvalue weighted by Crippen LogP contribution is -2.49. The van der Waals surface area contributed by atoms with Crippen LogP contribution in [0.15, 0.2) is 54.6 Å². The number of carbonyl (C=O) groups excluding carboxylic acids is 1. The van der Waals surface area contributed by atoms with Crippen LogP contribution in [0.25, 0.3) is 0 Å². The van der Waals surface area contributed by atoms with Gasteiger partial charge in [-0.25, -0.2) is 4.79 Å². The third-order valence-corrected chi connectivity index (χ3v) is 3.50. The van der Waals surface area contributed by atoms with Crippen LogP contribution in [0.4, 0.5) is 0 Å². The Morgan fingerprint density at radius 2 is 1.62 bits per heavy atom. The summed E-state index contributed by atoms with van der Waals surface area (Å²) >= 11 is 5.77. The second kappa shape index (κ2) is 5.97. The maximum absolute atomic E-state index is 12.2. The summed E-state index contributed by atoms with van der Waals surface area (Å²) in [6, 6.07) is 14.8. The van der Waals surface area contributed by atoms with Gasteiger partial charge < -0.3 is 10.4 Å². The molecule has 0 fully saturated rings. The zero-order chi connectivity index (χ0) is 15.5. The van der Waals surface area contributed by atoms with E-state index in [4.69, 9.17) is 11.6 Å². The molecule has 0 aliphatic heterocycles. The number of carboxylic acid groups (broad SMARTS) is 1. The Bertz CT molecular complexity index is 655. The van der Waals surface area contributed by atoms with Gasteiger partial charge in [0.1, 0.15) is 0 Å². The molecular weight excluding hydrogens is 290 g/mol. The molecule has 2 rings (SSSR count). The molecule has 2 aromatic rings. The van der Waals surface area contributed by atoms with Crippen LogP contribution in [0.5, 0.6) is 0 Å². The van der Waals surface area contributed by atoms with Crippen molar-refractivity contribution in [2.75, 3.05) is 0 Å². The first-order valence-corrected chi connectivity index (χ1v) is 6.68. The van der Waals surface area contributed by atoms with Gasteiger partial charge in [-0.05, 0) is 36.8 Å². The number of rotatable bonds is 4. The minimum Gasteiger partial charge on any atom is -0.479 e. The lowest BCUT2D eigenvalue weighted by molar-refractivity contribution is -0.144. The molecule has 4 nitrogen and oxygen atoms in total. The van der Waals surface area contributed by atoms with E-state index in [1.54, 1.807) is 54.6 Å². The van der Waals surface area contributed by atoms with Gasteiger partial charge in [-0.15, -0.1) is 0 Å². The van der Waals surface area contributed by atoms with Gasteiger partial charge in [0.05, 0.1) is 0 Å². The molecule has 0 aliphatic carbocycles. The third-order valence-electron chi connectivity index (χ3n) is 3.25. The molecule has 5 heteroatoms. The summed E-state index contributed by atoms with van der Waals surface area (Å²) in [5, 5.41) is 12.6. The first-order valence-electron chi connectivity index (χ1n) is 6.30. The number of nitrogens with one attached hydrogen (secondary N) is 1. The van der Waals surface area contributed by atoms with Crippen molar-refractivity contribution in [1.82, 2.24) is 5.32 Å². The van der Waals surface area contributed by atoms with Gasteiger partial charge >= 0.3 is 5.97 Å². The first-order chi connectivity index (χ1) is 9.93. The van der Waals surface area contributed by atoms with Crippen LogP contribution >= 0.6 is 11.6 Å². The summed E-state index contributed by atoms with van der Waals surface area (Å²) in [6.45, 7) is 1.46. The minimum absolute atomic E-state index is 0.350. The molecule has 1 amide bonds. The predicted octanol–water partition coefficient (Wildman–Crippen LogP) is 3.07. The van der Waals surface area contributed by atoms with Crippen molar-refractivity contribution in [3.05, 3.63) is 70.7 Å². The standard InChI is InChI=1S/C16H14ClNO3/c1-16(15(20)21,12-5-3-2-4-6-12)18-14(19)11-7-9-13(17)10-8-11/h2-10H,1H3,(H,18,19)(H,20,21). The number of aliphatic carboxylic acids is 1. The smallest absolute Gasteiger partial charge is 0.333 e. The van der Waals surface area contributed by atoms with Crippen molar-refractivity contribution in [3.63, 3.8) is 0 Å². The number of carboxylic acids is 1. The minimum atomic E-state index is -1.50. The van der Waals surface area contributed by atoms with Crippen molar-refractivity contribution < 1.29 is 14.7 Å². The molecule has 0 heterocycles. The van der Waals surface area contributed by atoms with Crippen LogP contribution in [0.1, 0.15) is 22.8 Å². The zero-order valence-corrected chi connectivity index (χ0v) is 12.1. The fourth-order valence-electron chi connectivity index (χ4n) is 1.92. The number of hydrogen-bond acceptors (Lipinski definition) is 2. The highest BCUT2D eigenvalue weighted by Gasteiger charge is 2.36. The topological polar surface area (TPSA) is 66.4 Å². The summed E-state index contributed by atoms with van der Waals surface area (Å²) in [7, 11) is 0. The van der Waals surface area contributed by atoms with E-state index >= 15 is 0 Å². The third kappa shape index (κ3) is 3.23. The monoisotopic (exact) mass is 303 g/mol. The van der Waals surface area contributed by atoms with Gasteiger partial charge in [0.25, 0.3) is 5.91 Å². The second-order valence-electron chi connectivity index (χ2n) is 4.76. The van der Waals surface area contributed by atoms with Gasteiger partial charge in [-0.1, -0.05) is 41.9 Å². The Balaban J connectivity index is 2.31. The van der Waals surface area contributed by atoms with Crippen LogP contribution < -0.4 is 5.32 Å². The molecule has 0 spiro atoms. The van der Waals surface area contributed by atoms with Crippen LogP contribution in [-0.2, 0) is 10.3 Å². The Kier molecular flexibility index (Phi) is 4.29. The number of amides is 1. The molecule has 108 valence electrons. The number of hydrogen-bond donors (Lipinski definition) is 2. The van der Waals surface area contributed by atoms with E-state index in [0.29, 0.717) is 16.1 Å². The van der Waals surface area contributed by atoms with Crippen molar-refractivity contribution in [2.45, 2.75) is 12.5 Å². The van der Waals surface area contributed by atoms with E-state index in [1.807, 2.05) is 0 Å². The number of carbonyl (C=O) groups is 2. The summed E-state index contributed by atoms with van der Waals surface area (Å²) in [6.07, 6.45) is 0. The fraction of sp³-hybridized carbons (Fsp3) is 0.125. The van der Waals surface area contributed by atoms with E-state index in [0.717, 1.165) is 0 Å². The molecule has 21 heavy (non-hydrogen) atoms. The highest BCUT2D eigenvalue weighted by Crippen LogP contribution is 2.22. The highest BCUT2D eigenvalue weighted by molar-refractivity contribution is 6.30. The molecule has 1 unspecified atom stereocenters. The molecule has 2 N–H and O–H groups in total. The van der Waals surface area contributed by atoms with Gasteiger partial charge in [0.2, 0.25) is 0 Å². The van der Waals surface area contributed by atoms with Crippen LogP contribution in [0.2, 0.25) is 5.02 Å². The normalized spacial score (nSPS) is 13.2. The van der Waals surface area contributed by atoms with E-state index < -0.39 is 17.4 Å². The van der Waals surface area contributed by atoms with Crippen molar-refractivity contribution >= 4 is 23.5 Å². The average Bonchev–Trinajstić information content (AvgIpc) is 2.48. The van der Waals surface area contributed by atoms with Crippen molar-refractivity contribution in [1.29, 1.82) is 0 Å². The largest absolute Gasteiger partial charge is 0.479 e. The SMILES string of the molecule is CC(NC(=O)c1ccc(Cl)cc1)(C(=O)O)c1ccccc1. The molecule has 2 aromatic carbocycles. The lowest BCUT2D eigenvalue weighted by atomic mass is 9.91. The molecule has 0 bridgehead atoms. The quantitative estimate of drug-likeness (QED) is 0.912. The van der Waals surface area contributed by atoms with Gasteiger partial charge in [0, 0.05) is 10.6 Å². The molecule has 0 aromatic heterocycles. The predicted molar refractivity (Wildman–Crippen MR) is 80.3 cm³/mol. The Labute approximate surface area is 127 Å². The molecule has 0 aliphatic rings. The molecule has 0 saturated carbocycles. The highest BCUT2D eigenvalue weighted by atomic mass is 35.5. The summed E-state index contributed by atoms with van der Waals surface area (Å²) in [4.78, 5) is 23.8. The first kappa shape index (κ1) is 15.1. The maximum atomic E-state index is 12.2. The number of halogens is 1. The summed E-state index contributed by atoms with van der Waals surface area (Å²) in [5.41, 5.74) is -0.652. The van der Waals surface area contributed by atoms with Crippen molar-refractivity contribution in [2.24, 2.45) is 0 Å². The number of benzene rings is 2. The Morgan fingerprint density at radius 3 is 2.14 bits per heavy atom. The fourth-order valence-corrected chi connectivity index (χ4v) is 2.05. The van der Waals surface area contributed by atoms with Crippen LogP contribution in [-0.4, -0.2) is 17.0 Å². The van der Waals surface area contributed by atoms with Crippen molar-refractivity contribution in [3.8, 4) is 0 Å². The van der Waals surface area contributed by atoms with E-state index in [2.05, 4.69) is 5.32 Å². The molecular formula is C16H14ClNO3. The lowest BCUT2D eigenvalue weighted by Gasteiger charge is -2.26. The van der Waals surface area contributed by atoms with Gasteiger partial charge in [0.15, 0.2) is 5.54 Å². The second-order valence-corrected chi connectivity index (χ2v) is 5.19. The van der Waals surface area contributed by atoms with E-state index in [1.165, 1.54) is 6.92 Å². The van der Waals surface area contributed by atoms with Crippen LogP contribution in [0.3, 0.4) is 0 Å². The maximum Gasteiger partial charge on any atom is 0.333 e. The van der Waals surface area contributed by atoms with Gasteiger partial charge in [-0.3, -0.25) is 4.79 Å².